The molecule has 0 saturated heterocycles. The summed E-state index contributed by atoms with van der Waals surface area (Å²) in [5, 5.41) is 7.66. The van der Waals surface area contributed by atoms with Crippen molar-refractivity contribution in [2.75, 3.05) is 13.1 Å². The van der Waals surface area contributed by atoms with E-state index in [1.54, 1.807) is 16.2 Å². The predicted molar refractivity (Wildman–Crippen MR) is 95.0 cm³/mol. The number of aryl methyl sites for hydroxylation is 1. The maximum Gasteiger partial charge on any atom is 0.266 e. The summed E-state index contributed by atoms with van der Waals surface area (Å²) < 4.78 is 0. The van der Waals surface area contributed by atoms with Gasteiger partial charge in [0.1, 0.15) is 9.88 Å². The third-order valence-electron chi connectivity index (χ3n) is 3.21. The van der Waals surface area contributed by atoms with E-state index < -0.39 is 0 Å². The third kappa shape index (κ3) is 4.39. The van der Waals surface area contributed by atoms with E-state index in [1.165, 1.54) is 11.3 Å². The summed E-state index contributed by atoms with van der Waals surface area (Å²) in [4.78, 5) is 31.3. The number of carbonyl (C=O) groups excluding carboxylic acids is 2. The van der Waals surface area contributed by atoms with E-state index in [-0.39, 0.29) is 24.4 Å². The van der Waals surface area contributed by atoms with Gasteiger partial charge in [-0.25, -0.2) is 4.98 Å². The van der Waals surface area contributed by atoms with Gasteiger partial charge in [-0.05, 0) is 39.1 Å². The molecule has 0 aliphatic heterocycles. The van der Waals surface area contributed by atoms with Crippen LogP contribution >= 0.6 is 22.7 Å². The molecule has 0 saturated carbocycles. The second kappa shape index (κ2) is 7.70. The smallest absolute Gasteiger partial charge is 0.266 e. The zero-order valence-electron chi connectivity index (χ0n) is 13.8. The van der Waals surface area contributed by atoms with Crippen LogP contribution in [0.5, 0.6) is 0 Å². The van der Waals surface area contributed by atoms with Crippen LogP contribution in [0.4, 0.5) is 0 Å². The number of carbonyl (C=O) groups is 2. The Morgan fingerprint density at radius 3 is 2.70 bits per heavy atom. The Bertz CT molecular complexity index is 678. The number of thiophene rings is 1. The van der Waals surface area contributed by atoms with Crippen LogP contribution in [-0.4, -0.2) is 40.8 Å². The van der Waals surface area contributed by atoms with Crippen LogP contribution in [-0.2, 0) is 4.79 Å². The fourth-order valence-corrected chi connectivity index (χ4v) is 3.86. The normalized spacial score (nSPS) is 10.8. The van der Waals surface area contributed by atoms with Gasteiger partial charge in [-0.1, -0.05) is 0 Å². The first kappa shape index (κ1) is 17.6. The number of thiazole rings is 1. The molecule has 124 valence electrons. The van der Waals surface area contributed by atoms with Crippen molar-refractivity contribution in [1.29, 1.82) is 0 Å². The number of amides is 2. The van der Waals surface area contributed by atoms with Gasteiger partial charge in [-0.3, -0.25) is 9.59 Å². The number of hydrogen-bond acceptors (Lipinski definition) is 5. The van der Waals surface area contributed by atoms with E-state index in [4.69, 9.17) is 0 Å². The highest BCUT2D eigenvalue weighted by Gasteiger charge is 2.23. The summed E-state index contributed by atoms with van der Waals surface area (Å²) in [6.07, 6.45) is 0. The van der Waals surface area contributed by atoms with E-state index in [2.05, 4.69) is 10.3 Å². The second-order valence-electron chi connectivity index (χ2n) is 5.49. The van der Waals surface area contributed by atoms with Crippen LogP contribution in [0.1, 0.15) is 36.1 Å². The van der Waals surface area contributed by atoms with Gasteiger partial charge in [0.15, 0.2) is 0 Å². The lowest BCUT2D eigenvalue weighted by Crippen LogP contribution is -2.42. The zero-order valence-corrected chi connectivity index (χ0v) is 15.4. The van der Waals surface area contributed by atoms with Gasteiger partial charge in [-0.15, -0.1) is 11.3 Å². The summed E-state index contributed by atoms with van der Waals surface area (Å²) >= 11 is 2.98. The standard InChI is InChI=1S/C16H21N3O2S2/c1-5-19(8-13(20)17-10(2)3)16(21)14-11(4)18-15(23-14)12-6-7-22-9-12/h6-7,9-10H,5,8H2,1-4H3,(H,17,20). The van der Waals surface area contributed by atoms with E-state index in [9.17, 15) is 9.59 Å². The third-order valence-corrected chi connectivity index (χ3v) is 5.09. The molecule has 2 heterocycles. The SMILES string of the molecule is CCN(CC(=O)NC(C)C)C(=O)c1sc(-c2ccsc2)nc1C. The molecule has 2 amide bonds. The predicted octanol–water partition coefficient (Wildman–Crippen LogP) is 3.17. The quantitative estimate of drug-likeness (QED) is 0.869. The van der Waals surface area contributed by atoms with Crippen molar-refractivity contribution < 1.29 is 9.59 Å². The Balaban J connectivity index is 2.16. The number of likely N-dealkylation sites (N-methyl/N-ethyl adjacent to an activating group) is 1. The average molecular weight is 351 g/mol. The van der Waals surface area contributed by atoms with Gasteiger partial charge < -0.3 is 10.2 Å². The molecular formula is C16H21N3O2S2. The monoisotopic (exact) mass is 351 g/mol. The Morgan fingerprint density at radius 2 is 2.13 bits per heavy atom. The number of aromatic nitrogens is 1. The molecule has 2 rings (SSSR count). The second-order valence-corrected chi connectivity index (χ2v) is 7.27. The minimum absolute atomic E-state index is 0.0617. The van der Waals surface area contributed by atoms with Crippen LogP contribution in [0, 0.1) is 6.92 Å². The summed E-state index contributed by atoms with van der Waals surface area (Å²) in [7, 11) is 0. The van der Waals surface area contributed by atoms with Crippen molar-refractivity contribution >= 4 is 34.5 Å². The molecule has 0 unspecified atom stereocenters. The van der Waals surface area contributed by atoms with E-state index >= 15 is 0 Å². The highest BCUT2D eigenvalue weighted by molar-refractivity contribution is 7.17. The molecule has 5 nitrogen and oxygen atoms in total. The fraction of sp³-hybridized carbons (Fsp3) is 0.438. The number of nitrogens with one attached hydrogen (secondary N) is 1. The first-order valence-electron chi connectivity index (χ1n) is 7.51. The molecule has 7 heteroatoms. The van der Waals surface area contributed by atoms with Gasteiger partial charge in [-0.2, -0.15) is 11.3 Å². The maximum atomic E-state index is 12.7. The van der Waals surface area contributed by atoms with Gasteiger partial charge in [0.05, 0.1) is 12.2 Å². The number of rotatable bonds is 6. The lowest BCUT2D eigenvalue weighted by atomic mass is 10.3. The average Bonchev–Trinajstić information content (AvgIpc) is 3.12. The minimum atomic E-state index is -0.143. The van der Waals surface area contributed by atoms with Crippen molar-refractivity contribution in [2.24, 2.45) is 0 Å². The van der Waals surface area contributed by atoms with Gasteiger partial charge >= 0.3 is 0 Å². The molecule has 0 bridgehead atoms. The van der Waals surface area contributed by atoms with Gasteiger partial charge in [0.25, 0.3) is 5.91 Å². The molecule has 0 spiro atoms. The van der Waals surface area contributed by atoms with Gasteiger partial charge in [0.2, 0.25) is 5.91 Å². The van der Waals surface area contributed by atoms with Crippen LogP contribution in [0.15, 0.2) is 16.8 Å². The minimum Gasteiger partial charge on any atom is -0.352 e. The molecule has 0 aromatic carbocycles. The number of hydrogen-bond donors (Lipinski definition) is 1. The molecule has 1 N–H and O–H groups in total. The Kier molecular flexibility index (Phi) is 5.90. The molecule has 0 aliphatic carbocycles. The first-order valence-corrected chi connectivity index (χ1v) is 9.27. The molecule has 0 radical (unpaired) electrons. The number of nitrogens with zero attached hydrogens (tertiary/aromatic N) is 2. The highest BCUT2D eigenvalue weighted by Crippen LogP contribution is 2.30. The summed E-state index contributed by atoms with van der Waals surface area (Å²) in [5.74, 6) is -0.279. The molecule has 2 aromatic heterocycles. The molecule has 0 aliphatic rings. The van der Waals surface area contributed by atoms with Crippen LogP contribution in [0.2, 0.25) is 0 Å². The van der Waals surface area contributed by atoms with E-state index in [0.717, 1.165) is 10.6 Å². The Hall–Kier alpha value is -1.73. The van der Waals surface area contributed by atoms with Crippen LogP contribution < -0.4 is 5.32 Å². The fourth-order valence-electron chi connectivity index (χ4n) is 2.12. The maximum absolute atomic E-state index is 12.7. The Labute approximate surface area is 144 Å². The lowest BCUT2D eigenvalue weighted by Gasteiger charge is -2.20. The Morgan fingerprint density at radius 1 is 1.39 bits per heavy atom. The highest BCUT2D eigenvalue weighted by atomic mass is 32.1. The summed E-state index contributed by atoms with van der Waals surface area (Å²) in [5.41, 5.74) is 1.74. The molecule has 2 aromatic rings. The molecule has 23 heavy (non-hydrogen) atoms. The molecule has 0 fully saturated rings. The van der Waals surface area contributed by atoms with E-state index in [0.29, 0.717) is 17.1 Å². The zero-order chi connectivity index (χ0) is 17.0. The van der Waals surface area contributed by atoms with Crippen molar-refractivity contribution in [2.45, 2.75) is 33.7 Å². The van der Waals surface area contributed by atoms with Crippen molar-refractivity contribution in [3.05, 3.63) is 27.4 Å². The summed E-state index contributed by atoms with van der Waals surface area (Å²) in [6, 6.07) is 2.05. The van der Waals surface area contributed by atoms with Crippen molar-refractivity contribution in [3.8, 4) is 10.6 Å². The largest absolute Gasteiger partial charge is 0.352 e. The summed E-state index contributed by atoms with van der Waals surface area (Å²) in [6.45, 7) is 8.05. The first-order chi connectivity index (χ1) is 10.9. The lowest BCUT2D eigenvalue weighted by molar-refractivity contribution is -0.122. The van der Waals surface area contributed by atoms with Gasteiger partial charge in [0, 0.05) is 23.5 Å². The molecule has 0 atom stereocenters. The van der Waals surface area contributed by atoms with Crippen molar-refractivity contribution in [3.63, 3.8) is 0 Å². The molecular weight excluding hydrogens is 330 g/mol. The van der Waals surface area contributed by atoms with Crippen molar-refractivity contribution in [1.82, 2.24) is 15.2 Å². The van der Waals surface area contributed by atoms with Crippen LogP contribution in [0.3, 0.4) is 0 Å². The van der Waals surface area contributed by atoms with Crippen LogP contribution in [0.25, 0.3) is 10.6 Å². The van der Waals surface area contributed by atoms with E-state index in [1.807, 2.05) is 44.5 Å². The topological polar surface area (TPSA) is 62.3 Å².